The molecule has 0 amide bonds. The molecule has 0 aromatic heterocycles. The van der Waals surface area contributed by atoms with Crippen LogP contribution in [0, 0.1) is 5.92 Å². The van der Waals surface area contributed by atoms with Crippen LogP contribution in [0.3, 0.4) is 0 Å². The van der Waals surface area contributed by atoms with Gasteiger partial charge in [0.25, 0.3) is 0 Å². The van der Waals surface area contributed by atoms with Gasteiger partial charge in [0.1, 0.15) is 0 Å². The van der Waals surface area contributed by atoms with E-state index >= 15 is 0 Å². The summed E-state index contributed by atoms with van der Waals surface area (Å²) in [5, 5.41) is -6.34. The summed E-state index contributed by atoms with van der Waals surface area (Å²) in [5.74, 6) is -2.33. The molecule has 0 rings (SSSR count). The molecule has 0 saturated carbocycles. The van der Waals surface area contributed by atoms with Crippen LogP contribution in [0.2, 0.25) is 0 Å². The van der Waals surface area contributed by atoms with E-state index in [9.17, 15) is 43.6 Å². The fourth-order valence-corrected chi connectivity index (χ4v) is 3.75. The molecular weight excluding hydrogens is 389 g/mol. The van der Waals surface area contributed by atoms with Crippen molar-refractivity contribution in [2.45, 2.75) is 38.1 Å². The number of nitrogens with zero attached hydrogens (tertiary/aromatic N) is 1. The summed E-state index contributed by atoms with van der Waals surface area (Å²) in [6.07, 6.45) is -6.60. The number of hydrogen-bond donors (Lipinski definition) is 0. The van der Waals surface area contributed by atoms with Crippen LogP contribution in [0.25, 0.3) is 4.13 Å². The molecule has 0 heterocycles. The number of carbonyl (C=O) groups excluding carboxylic acids is 1. The Hall–Kier alpha value is -1.02. The van der Waals surface area contributed by atoms with Gasteiger partial charge < -0.3 is 8.86 Å². The maximum Gasteiger partial charge on any atom is 0.467 e. The highest BCUT2D eigenvalue weighted by Crippen LogP contribution is 2.42. The summed E-state index contributed by atoms with van der Waals surface area (Å²) in [5.41, 5.74) is 0. The first kappa shape index (κ1) is 23.0. The monoisotopic (exact) mass is 404 g/mol. The fourth-order valence-electron chi connectivity index (χ4n) is 1.10. The molecule has 0 N–H and O–H groups in total. The van der Waals surface area contributed by atoms with E-state index in [1.54, 1.807) is 11.1 Å². The van der Waals surface area contributed by atoms with E-state index in [2.05, 4.69) is 4.74 Å². The molecule has 0 saturated heterocycles. The SMILES string of the molecule is CCC(C)C(=O)OCCCS(=O)(=O)[N-]S(=O)(=O)C(F)(F)C(F)(F)F. The first-order valence-electron chi connectivity index (χ1n) is 6.40. The molecule has 0 bridgehead atoms. The maximum absolute atomic E-state index is 12.7. The van der Waals surface area contributed by atoms with E-state index in [1.807, 2.05) is 0 Å². The Balaban J connectivity index is 4.75. The molecule has 1 unspecified atom stereocenters. The highest BCUT2D eigenvalue weighted by atomic mass is 32.3. The molecule has 0 aliphatic heterocycles. The standard InChI is InChI=1S/C10H15F5NO6S2/c1-3-7(2)8(17)22-5-4-6-23(18,19)16-24(20,21)10(14,15)9(11,12)13/h7H,3-6H2,1-2H3/q-1. The summed E-state index contributed by atoms with van der Waals surface area (Å²) in [7, 11) is -11.8. The van der Waals surface area contributed by atoms with E-state index in [-0.39, 0.29) is 0 Å². The van der Waals surface area contributed by atoms with Gasteiger partial charge in [0.15, 0.2) is 10.0 Å². The van der Waals surface area contributed by atoms with E-state index < -0.39 is 62.1 Å². The third-order valence-corrected chi connectivity index (χ3v) is 6.05. The van der Waals surface area contributed by atoms with Gasteiger partial charge in [-0.15, -0.1) is 0 Å². The molecule has 0 spiro atoms. The summed E-state index contributed by atoms with van der Waals surface area (Å²) in [6, 6.07) is 0. The number of rotatable bonds is 9. The summed E-state index contributed by atoms with van der Waals surface area (Å²) < 4.78 is 112. The molecule has 0 radical (unpaired) electrons. The fraction of sp³-hybridized carbons (Fsp3) is 0.900. The van der Waals surface area contributed by atoms with Crippen LogP contribution < -0.4 is 0 Å². The molecule has 0 fully saturated rings. The molecule has 14 heteroatoms. The van der Waals surface area contributed by atoms with Crippen molar-refractivity contribution in [1.29, 1.82) is 0 Å². The van der Waals surface area contributed by atoms with Crippen LogP contribution in [0.15, 0.2) is 0 Å². The van der Waals surface area contributed by atoms with Gasteiger partial charge in [0, 0.05) is 5.75 Å². The first-order valence-corrected chi connectivity index (χ1v) is 9.45. The van der Waals surface area contributed by atoms with Crippen molar-refractivity contribution in [2.75, 3.05) is 12.4 Å². The lowest BCUT2D eigenvalue weighted by Gasteiger charge is -2.28. The predicted octanol–water partition coefficient (Wildman–Crippen LogP) is 2.15. The second-order valence-electron chi connectivity index (χ2n) is 4.68. The zero-order valence-electron chi connectivity index (χ0n) is 12.5. The summed E-state index contributed by atoms with van der Waals surface area (Å²) in [4.78, 5) is 11.3. The first-order chi connectivity index (χ1) is 10.6. The second kappa shape index (κ2) is 7.91. The van der Waals surface area contributed by atoms with Gasteiger partial charge in [0.05, 0.1) is 22.5 Å². The van der Waals surface area contributed by atoms with Crippen molar-refractivity contribution in [3.63, 3.8) is 0 Å². The second-order valence-corrected chi connectivity index (χ2v) is 8.31. The largest absolute Gasteiger partial charge is 0.467 e. The molecule has 144 valence electrons. The predicted molar refractivity (Wildman–Crippen MR) is 72.1 cm³/mol. The topological polar surface area (TPSA) is 109 Å². The van der Waals surface area contributed by atoms with Gasteiger partial charge in [-0.25, -0.2) is 16.8 Å². The Morgan fingerprint density at radius 1 is 1.12 bits per heavy atom. The van der Waals surface area contributed by atoms with Crippen LogP contribution in [0.1, 0.15) is 26.7 Å². The average molecular weight is 404 g/mol. The lowest BCUT2D eigenvalue weighted by atomic mass is 10.1. The number of ether oxygens (including phenoxy) is 1. The van der Waals surface area contributed by atoms with E-state index in [0.29, 0.717) is 6.42 Å². The van der Waals surface area contributed by atoms with Gasteiger partial charge in [-0.1, -0.05) is 13.8 Å². The van der Waals surface area contributed by atoms with Crippen molar-refractivity contribution in [3.8, 4) is 0 Å². The highest BCUT2D eigenvalue weighted by molar-refractivity contribution is 8.12. The number of carbonyl (C=O) groups is 1. The molecule has 0 aliphatic carbocycles. The molecular formula is C10H15F5NO6S2-. The Morgan fingerprint density at radius 2 is 1.62 bits per heavy atom. The molecule has 0 aliphatic rings. The van der Waals surface area contributed by atoms with Crippen LogP contribution in [-0.2, 0) is 29.6 Å². The van der Waals surface area contributed by atoms with Crippen molar-refractivity contribution in [1.82, 2.24) is 0 Å². The smallest absolute Gasteiger partial charge is 0.465 e. The highest BCUT2D eigenvalue weighted by Gasteiger charge is 2.64. The average Bonchev–Trinajstić information content (AvgIpc) is 2.39. The molecule has 0 aromatic rings. The van der Waals surface area contributed by atoms with Gasteiger partial charge in [-0.05, 0) is 12.8 Å². The normalized spacial score (nSPS) is 15.1. The minimum atomic E-state index is -6.68. The Labute approximate surface area is 135 Å². The van der Waals surface area contributed by atoms with Gasteiger partial charge in [0.2, 0.25) is 0 Å². The van der Waals surface area contributed by atoms with Crippen molar-refractivity contribution >= 4 is 26.0 Å². The number of halogens is 5. The number of sulfonamides is 2. The minimum Gasteiger partial charge on any atom is -0.465 e. The minimum absolute atomic E-state index is 0.442. The van der Waals surface area contributed by atoms with Crippen molar-refractivity contribution in [3.05, 3.63) is 4.13 Å². The van der Waals surface area contributed by atoms with Crippen LogP contribution in [-0.4, -0.2) is 46.6 Å². The van der Waals surface area contributed by atoms with E-state index in [1.165, 1.54) is 6.92 Å². The van der Waals surface area contributed by atoms with Crippen LogP contribution >= 0.6 is 0 Å². The third kappa shape index (κ3) is 6.12. The quantitative estimate of drug-likeness (QED) is 0.331. The van der Waals surface area contributed by atoms with Crippen LogP contribution in [0.5, 0.6) is 0 Å². The summed E-state index contributed by atoms with van der Waals surface area (Å²) in [6.45, 7) is 2.72. The number of alkyl halides is 5. The Kier molecular flexibility index (Phi) is 7.57. The summed E-state index contributed by atoms with van der Waals surface area (Å²) >= 11 is 0. The Bertz CT molecular complexity index is 643. The Morgan fingerprint density at radius 3 is 2.04 bits per heavy atom. The third-order valence-electron chi connectivity index (χ3n) is 2.67. The number of hydrogen-bond acceptors (Lipinski definition) is 6. The van der Waals surface area contributed by atoms with E-state index in [0.717, 1.165) is 0 Å². The van der Waals surface area contributed by atoms with Crippen molar-refractivity contribution < 1.29 is 48.3 Å². The zero-order valence-corrected chi connectivity index (χ0v) is 14.1. The van der Waals surface area contributed by atoms with E-state index in [4.69, 9.17) is 0 Å². The van der Waals surface area contributed by atoms with Crippen LogP contribution in [0.4, 0.5) is 22.0 Å². The van der Waals surface area contributed by atoms with Gasteiger partial charge in [-0.3, -0.25) is 4.79 Å². The van der Waals surface area contributed by atoms with Gasteiger partial charge in [-0.2, -0.15) is 22.0 Å². The van der Waals surface area contributed by atoms with Crippen molar-refractivity contribution in [2.24, 2.45) is 5.92 Å². The zero-order chi connectivity index (χ0) is 19.4. The molecule has 24 heavy (non-hydrogen) atoms. The maximum atomic E-state index is 12.7. The van der Waals surface area contributed by atoms with Gasteiger partial charge >= 0.3 is 17.4 Å². The number of esters is 1. The lowest BCUT2D eigenvalue weighted by molar-refractivity contribution is -0.240. The molecule has 0 aromatic carbocycles. The lowest BCUT2D eigenvalue weighted by Crippen LogP contribution is -2.44. The molecule has 1 atom stereocenters. The molecule has 7 nitrogen and oxygen atoms in total.